The monoisotopic (exact) mass is 455 g/mol. The van der Waals surface area contributed by atoms with E-state index < -0.39 is 0 Å². The largest absolute Gasteiger partial charge is 0.456 e. The lowest BCUT2D eigenvalue weighted by Crippen LogP contribution is -2.18. The Kier molecular flexibility index (Phi) is 4.96. The summed E-state index contributed by atoms with van der Waals surface area (Å²) in [6, 6.07) is 32.9. The van der Waals surface area contributed by atoms with Crippen molar-refractivity contribution in [3.63, 3.8) is 0 Å². The molecule has 0 fully saturated rings. The number of rotatable bonds is 3. The number of fused-ring (bicyclic) bond motifs is 3. The molecule has 0 aliphatic carbocycles. The maximum absolute atomic E-state index is 6.12. The van der Waals surface area contributed by atoms with Crippen molar-refractivity contribution >= 4 is 21.9 Å². The van der Waals surface area contributed by atoms with E-state index in [0.29, 0.717) is 11.6 Å². The van der Waals surface area contributed by atoms with E-state index >= 15 is 0 Å². The molecule has 2 aromatic heterocycles. The summed E-state index contributed by atoms with van der Waals surface area (Å²) in [6.45, 7) is 6.39. The van der Waals surface area contributed by atoms with E-state index in [9.17, 15) is 0 Å². The topological polar surface area (TPSA) is 51.8 Å². The third-order valence-electron chi connectivity index (χ3n) is 6.18. The molecule has 170 valence electrons. The molecule has 0 radical (unpaired) electrons. The second kappa shape index (κ2) is 8.17. The van der Waals surface area contributed by atoms with Crippen LogP contribution in [0.4, 0.5) is 0 Å². The van der Waals surface area contributed by atoms with Gasteiger partial charge < -0.3 is 4.42 Å². The number of para-hydroxylation sites is 1. The Morgan fingerprint density at radius 3 is 2.06 bits per heavy atom. The van der Waals surface area contributed by atoms with Gasteiger partial charge in [-0.25, -0.2) is 15.0 Å². The number of aromatic nitrogens is 3. The second-order valence-electron chi connectivity index (χ2n) is 9.78. The SMILES string of the molecule is CC(C)(C)c1nc(-c2cccc(-c3ccccc3)c2)nc(-c2cccc3oc4ccccc4c23)n1. The van der Waals surface area contributed by atoms with Crippen LogP contribution >= 0.6 is 0 Å². The van der Waals surface area contributed by atoms with Gasteiger partial charge in [0, 0.05) is 27.3 Å². The number of hydrogen-bond donors (Lipinski definition) is 0. The van der Waals surface area contributed by atoms with E-state index in [4.69, 9.17) is 19.4 Å². The summed E-state index contributed by atoms with van der Waals surface area (Å²) in [7, 11) is 0. The Hall–Kier alpha value is -4.31. The number of nitrogens with zero attached hydrogens (tertiary/aromatic N) is 3. The van der Waals surface area contributed by atoms with Gasteiger partial charge in [-0.15, -0.1) is 0 Å². The van der Waals surface area contributed by atoms with Crippen LogP contribution in [0.25, 0.3) is 55.8 Å². The van der Waals surface area contributed by atoms with Crippen LogP contribution in [0.1, 0.15) is 26.6 Å². The summed E-state index contributed by atoms with van der Waals surface area (Å²) in [5, 5.41) is 2.08. The fourth-order valence-corrected chi connectivity index (χ4v) is 4.39. The van der Waals surface area contributed by atoms with Gasteiger partial charge in [0.15, 0.2) is 11.6 Å². The highest BCUT2D eigenvalue weighted by Crippen LogP contribution is 2.36. The molecule has 6 rings (SSSR count). The first kappa shape index (κ1) is 21.2. The first-order valence-electron chi connectivity index (χ1n) is 11.8. The molecule has 0 spiro atoms. The highest BCUT2D eigenvalue weighted by atomic mass is 16.3. The molecular weight excluding hydrogens is 430 g/mol. The average Bonchev–Trinajstić information content (AvgIpc) is 3.27. The van der Waals surface area contributed by atoms with Gasteiger partial charge in [-0.05, 0) is 29.3 Å². The second-order valence-corrected chi connectivity index (χ2v) is 9.78. The first-order chi connectivity index (χ1) is 17.0. The first-order valence-corrected chi connectivity index (χ1v) is 11.8. The molecule has 0 aliphatic rings. The predicted octanol–water partition coefficient (Wildman–Crippen LogP) is 8.07. The lowest BCUT2D eigenvalue weighted by atomic mass is 9.95. The molecular formula is C31H25N3O. The molecule has 0 saturated carbocycles. The summed E-state index contributed by atoms with van der Waals surface area (Å²) in [6.07, 6.45) is 0. The van der Waals surface area contributed by atoms with Crippen LogP contribution < -0.4 is 0 Å². The van der Waals surface area contributed by atoms with Crippen molar-refractivity contribution in [2.45, 2.75) is 26.2 Å². The van der Waals surface area contributed by atoms with Gasteiger partial charge in [0.25, 0.3) is 0 Å². The Bertz CT molecular complexity index is 1680. The van der Waals surface area contributed by atoms with E-state index in [1.165, 1.54) is 0 Å². The maximum Gasteiger partial charge on any atom is 0.164 e. The molecule has 4 aromatic carbocycles. The molecule has 0 atom stereocenters. The van der Waals surface area contributed by atoms with Crippen LogP contribution in [0.2, 0.25) is 0 Å². The van der Waals surface area contributed by atoms with Gasteiger partial charge in [-0.2, -0.15) is 0 Å². The molecule has 0 aliphatic heterocycles. The van der Waals surface area contributed by atoms with Crippen molar-refractivity contribution in [3.05, 3.63) is 103 Å². The molecule has 0 amide bonds. The normalized spacial score (nSPS) is 11.9. The fourth-order valence-electron chi connectivity index (χ4n) is 4.39. The highest BCUT2D eigenvalue weighted by Gasteiger charge is 2.23. The van der Waals surface area contributed by atoms with E-state index in [0.717, 1.165) is 50.0 Å². The van der Waals surface area contributed by atoms with Crippen LogP contribution in [0.5, 0.6) is 0 Å². The van der Waals surface area contributed by atoms with Crippen molar-refractivity contribution in [1.29, 1.82) is 0 Å². The molecule has 4 nitrogen and oxygen atoms in total. The Morgan fingerprint density at radius 1 is 0.571 bits per heavy atom. The third kappa shape index (κ3) is 3.87. The Labute approximate surface area is 204 Å². The van der Waals surface area contributed by atoms with Crippen LogP contribution in [0.3, 0.4) is 0 Å². The number of hydrogen-bond acceptors (Lipinski definition) is 4. The lowest BCUT2D eigenvalue weighted by molar-refractivity contribution is 0.543. The van der Waals surface area contributed by atoms with Crippen molar-refractivity contribution in [2.75, 3.05) is 0 Å². The molecule has 0 unspecified atom stereocenters. The number of benzene rings is 4. The quantitative estimate of drug-likeness (QED) is 0.271. The summed E-state index contributed by atoms with van der Waals surface area (Å²) < 4.78 is 6.12. The van der Waals surface area contributed by atoms with Crippen molar-refractivity contribution in [3.8, 4) is 33.9 Å². The van der Waals surface area contributed by atoms with E-state index in [-0.39, 0.29) is 5.41 Å². The van der Waals surface area contributed by atoms with Gasteiger partial charge >= 0.3 is 0 Å². The van der Waals surface area contributed by atoms with Crippen molar-refractivity contribution in [2.24, 2.45) is 0 Å². The lowest BCUT2D eigenvalue weighted by Gasteiger charge is -2.18. The summed E-state index contributed by atoms with van der Waals surface area (Å²) in [4.78, 5) is 14.9. The summed E-state index contributed by atoms with van der Waals surface area (Å²) in [5.41, 5.74) is 5.64. The number of furan rings is 1. The van der Waals surface area contributed by atoms with E-state index in [1.54, 1.807) is 0 Å². The minimum atomic E-state index is -0.240. The molecule has 6 aromatic rings. The highest BCUT2D eigenvalue weighted by molar-refractivity contribution is 6.11. The summed E-state index contributed by atoms with van der Waals surface area (Å²) in [5.74, 6) is 2.08. The smallest absolute Gasteiger partial charge is 0.164 e. The zero-order valence-corrected chi connectivity index (χ0v) is 20.0. The zero-order chi connectivity index (χ0) is 24.0. The maximum atomic E-state index is 6.12. The van der Waals surface area contributed by atoms with E-state index in [2.05, 4.69) is 81.4 Å². The summed E-state index contributed by atoms with van der Waals surface area (Å²) >= 11 is 0. The van der Waals surface area contributed by atoms with Crippen LogP contribution in [-0.4, -0.2) is 15.0 Å². The van der Waals surface area contributed by atoms with Crippen molar-refractivity contribution in [1.82, 2.24) is 15.0 Å². The Balaban J connectivity index is 1.58. The fraction of sp³-hybridized carbons (Fsp3) is 0.129. The van der Waals surface area contributed by atoms with Crippen LogP contribution in [0, 0.1) is 0 Å². The molecule has 4 heteroatoms. The third-order valence-corrected chi connectivity index (χ3v) is 6.18. The molecule has 2 heterocycles. The van der Waals surface area contributed by atoms with Gasteiger partial charge in [-0.3, -0.25) is 0 Å². The molecule has 35 heavy (non-hydrogen) atoms. The standard InChI is InChI=1S/C31H25N3O/c1-31(2,3)30-33-28(22-14-9-13-21(19-22)20-11-5-4-6-12-20)32-29(34-30)24-16-10-18-26-27(24)23-15-7-8-17-25(23)35-26/h4-19H,1-3H3. The Morgan fingerprint density at radius 2 is 1.23 bits per heavy atom. The van der Waals surface area contributed by atoms with Gasteiger partial charge in [0.2, 0.25) is 0 Å². The van der Waals surface area contributed by atoms with Crippen LogP contribution in [-0.2, 0) is 5.41 Å². The van der Waals surface area contributed by atoms with Gasteiger partial charge in [-0.1, -0.05) is 99.6 Å². The molecule has 0 N–H and O–H groups in total. The van der Waals surface area contributed by atoms with E-state index in [1.807, 2.05) is 36.4 Å². The van der Waals surface area contributed by atoms with Gasteiger partial charge in [0.1, 0.15) is 17.0 Å². The average molecular weight is 456 g/mol. The van der Waals surface area contributed by atoms with Crippen molar-refractivity contribution < 1.29 is 4.42 Å². The minimum Gasteiger partial charge on any atom is -0.456 e. The van der Waals surface area contributed by atoms with Crippen LogP contribution in [0.15, 0.2) is 101 Å². The van der Waals surface area contributed by atoms with Gasteiger partial charge in [0.05, 0.1) is 0 Å². The predicted molar refractivity (Wildman–Crippen MR) is 142 cm³/mol. The zero-order valence-electron chi connectivity index (χ0n) is 20.0. The molecule has 0 bridgehead atoms. The minimum absolute atomic E-state index is 0.240. The molecule has 0 saturated heterocycles.